The number of carbonyl (C=O) groups is 3. The van der Waals surface area contributed by atoms with Crippen LogP contribution >= 0.6 is 0 Å². The SMILES string of the molecule is NC(=O)COc1ccc(C(=O)OCC(=O)NC[C@@H]2CCCO2)cc1. The van der Waals surface area contributed by atoms with Crippen molar-refractivity contribution in [2.24, 2.45) is 5.73 Å². The first kappa shape index (κ1) is 17.7. The maximum absolute atomic E-state index is 11.8. The number of amides is 2. The van der Waals surface area contributed by atoms with E-state index in [4.69, 9.17) is 19.9 Å². The summed E-state index contributed by atoms with van der Waals surface area (Å²) in [5.74, 6) is -1.18. The fourth-order valence-corrected chi connectivity index (χ4v) is 2.14. The second-order valence-electron chi connectivity index (χ2n) is 5.29. The highest BCUT2D eigenvalue weighted by molar-refractivity contribution is 5.91. The summed E-state index contributed by atoms with van der Waals surface area (Å²) < 4.78 is 15.4. The number of rotatable bonds is 8. The molecular formula is C16H20N2O6. The van der Waals surface area contributed by atoms with E-state index in [0.29, 0.717) is 18.9 Å². The zero-order valence-electron chi connectivity index (χ0n) is 13.2. The molecule has 1 fully saturated rings. The van der Waals surface area contributed by atoms with Gasteiger partial charge < -0.3 is 25.3 Å². The molecule has 3 N–H and O–H groups in total. The number of primary amides is 1. The van der Waals surface area contributed by atoms with Gasteiger partial charge in [0.15, 0.2) is 13.2 Å². The molecule has 0 radical (unpaired) electrons. The minimum atomic E-state index is -0.622. The minimum absolute atomic E-state index is 0.0394. The van der Waals surface area contributed by atoms with Crippen LogP contribution < -0.4 is 15.8 Å². The van der Waals surface area contributed by atoms with E-state index in [-0.39, 0.29) is 30.8 Å². The van der Waals surface area contributed by atoms with Gasteiger partial charge in [0.05, 0.1) is 11.7 Å². The second kappa shape index (κ2) is 8.88. The maximum atomic E-state index is 11.8. The minimum Gasteiger partial charge on any atom is -0.484 e. The lowest BCUT2D eigenvalue weighted by molar-refractivity contribution is -0.124. The van der Waals surface area contributed by atoms with E-state index in [9.17, 15) is 14.4 Å². The molecule has 1 saturated heterocycles. The predicted octanol–water partition coefficient (Wildman–Crippen LogP) is 0.00270. The van der Waals surface area contributed by atoms with Gasteiger partial charge in [-0.05, 0) is 37.1 Å². The molecule has 1 aromatic carbocycles. The fourth-order valence-electron chi connectivity index (χ4n) is 2.14. The molecule has 0 unspecified atom stereocenters. The van der Waals surface area contributed by atoms with Crippen molar-refractivity contribution in [1.82, 2.24) is 5.32 Å². The van der Waals surface area contributed by atoms with Crippen LogP contribution in [-0.4, -0.2) is 50.3 Å². The Kier molecular flexibility index (Phi) is 6.56. The van der Waals surface area contributed by atoms with E-state index >= 15 is 0 Å². The topological polar surface area (TPSA) is 117 Å². The number of nitrogens with two attached hydrogens (primary N) is 1. The van der Waals surface area contributed by atoms with Crippen LogP contribution in [0.3, 0.4) is 0 Å². The third-order valence-corrected chi connectivity index (χ3v) is 3.36. The Morgan fingerprint density at radius 2 is 1.96 bits per heavy atom. The van der Waals surface area contributed by atoms with Gasteiger partial charge >= 0.3 is 5.97 Å². The Morgan fingerprint density at radius 3 is 2.58 bits per heavy atom. The Morgan fingerprint density at radius 1 is 1.21 bits per heavy atom. The molecule has 1 heterocycles. The summed E-state index contributed by atoms with van der Waals surface area (Å²) in [5, 5.41) is 2.66. The van der Waals surface area contributed by atoms with Crippen molar-refractivity contribution >= 4 is 17.8 Å². The normalized spacial score (nSPS) is 16.4. The van der Waals surface area contributed by atoms with E-state index in [1.54, 1.807) is 0 Å². The summed E-state index contributed by atoms with van der Waals surface area (Å²) in [6.45, 7) is 0.539. The van der Waals surface area contributed by atoms with E-state index < -0.39 is 11.9 Å². The molecule has 1 atom stereocenters. The average molecular weight is 336 g/mol. The molecule has 2 amide bonds. The molecule has 0 aliphatic carbocycles. The molecule has 130 valence electrons. The van der Waals surface area contributed by atoms with Gasteiger partial charge in [-0.2, -0.15) is 0 Å². The van der Waals surface area contributed by atoms with E-state index in [1.165, 1.54) is 24.3 Å². The van der Waals surface area contributed by atoms with Crippen molar-refractivity contribution in [2.75, 3.05) is 26.4 Å². The standard InChI is InChI=1S/C16H20N2O6/c17-14(19)9-23-12-5-3-11(4-6-12)16(21)24-10-15(20)18-8-13-2-1-7-22-13/h3-6,13H,1-2,7-10H2,(H2,17,19)(H,18,20)/t13-/m0/s1. The average Bonchev–Trinajstić information content (AvgIpc) is 3.10. The van der Waals surface area contributed by atoms with Crippen molar-refractivity contribution in [1.29, 1.82) is 0 Å². The van der Waals surface area contributed by atoms with Crippen molar-refractivity contribution in [3.63, 3.8) is 0 Å². The zero-order chi connectivity index (χ0) is 17.4. The molecule has 8 nitrogen and oxygen atoms in total. The highest BCUT2D eigenvalue weighted by Gasteiger charge is 2.17. The number of benzene rings is 1. The molecule has 1 aromatic rings. The first-order chi connectivity index (χ1) is 11.5. The Bertz CT molecular complexity index is 581. The van der Waals surface area contributed by atoms with E-state index in [0.717, 1.165) is 12.8 Å². The Hall–Kier alpha value is -2.61. The lowest BCUT2D eigenvalue weighted by Gasteiger charge is -2.11. The summed E-state index contributed by atoms with van der Waals surface area (Å²) >= 11 is 0. The van der Waals surface area contributed by atoms with Gasteiger partial charge in [-0.15, -0.1) is 0 Å². The van der Waals surface area contributed by atoms with Gasteiger partial charge in [-0.1, -0.05) is 0 Å². The van der Waals surface area contributed by atoms with E-state index in [2.05, 4.69) is 5.32 Å². The summed E-state index contributed by atoms with van der Waals surface area (Å²) in [6, 6.07) is 5.97. The van der Waals surface area contributed by atoms with Crippen LogP contribution in [-0.2, 0) is 19.1 Å². The lowest BCUT2D eigenvalue weighted by Crippen LogP contribution is -2.34. The van der Waals surface area contributed by atoms with Crippen LogP contribution in [0.1, 0.15) is 23.2 Å². The number of hydrogen-bond donors (Lipinski definition) is 2. The highest BCUT2D eigenvalue weighted by Crippen LogP contribution is 2.13. The molecule has 0 bridgehead atoms. The predicted molar refractivity (Wildman–Crippen MR) is 83.4 cm³/mol. The molecule has 0 saturated carbocycles. The lowest BCUT2D eigenvalue weighted by atomic mass is 10.2. The fraction of sp³-hybridized carbons (Fsp3) is 0.438. The molecule has 24 heavy (non-hydrogen) atoms. The van der Waals surface area contributed by atoms with Gasteiger partial charge in [-0.25, -0.2) is 4.79 Å². The summed E-state index contributed by atoms with van der Waals surface area (Å²) in [6.07, 6.45) is 1.96. The van der Waals surface area contributed by atoms with Crippen LogP contribution in [0.25, 0.3) is 0 Å². The van der Waals surface area contributed by atoms with E-state index in [1.807, 2.05) is 0 Å². The number of ether oxygens (including phenoxy) is 3. The van der Waals surface area contributed by atoms with Crippen molar-refractivity contribution in [3.8, 4) is 5.75 Å². The molecule has 0 spiro atoms. The molecule has 8 heteroatoms. The van der Waals surface area contributed by atoms with Crippen LogP contribution in [0.5, 0.6) is 5.75 Å². The van der Waals surface area contributed by atoms with Gasteiger partial charge in [0, 0.05) is 13.2 Å². The number of carbonyl (C=O) groups excluding carboxylic acids is 3. The molecular weight excluding hydrogens is 316 g/mol. The zero-order valence-corrected chi connectivity index (χ0v) is 13.2. The summed E-state index contributed by atoms with van der Waals surface area (Å²) in [4.78, 5) is 34.1. The molecule has 1 aliphatic rings. The molecule has 1 aliphatic heterocycles. The maximum Gasteiger partial charge on any atom is 0.338 e. The van der Waals surface area contributed by atoms with Crippen LogP contribution in [0.4, 0.5) is 0 Å². The quantitative estimate of drug-likeness (QED) is 0.646. The van der Waals surface area contributed by atoms with Crippen molar-refractivity contribution in [2.45, 2.75) is 18.9 Å². The summed E-state index contributed by atoms with van der Waals surface area (Å²) in [5.41, 5.74) is 5.24. The highest BCUT2D eigenvalue weighted by atomic mass is 16.5. The van der Waals surface area contributed by atoms with Crippen LogP contribution in [0.2, 0.25) is 0 Å². The largest absolute Gasteiger partial charge is 0.484 e. The van der Waals surface area contributed by atoms with Gasteiger partial charge in [0.25, 0.3) is 11.8 Å². The van der Waals surface area contributed by atoms with Crippen LogP contribution in [0, 0.1) is 0 Å². The van der Waals surface area contributed by atoms with Gasteiger partial charge in [0.2, 0.25) is 0 Å². The first-order valence-electron chi connectivity index (χ1n) is 7.61. The monoisotopic (exact) mass is 336 g/mol. The first-order valence-corrected chi connectivity index (χ1v) is 7.61. The van der Waals surface area contributed by atoms with Crippen molar-refractivity contribution < 1.29 is 28.6 Å². The number of hydrogen-bond acceptors (Lipinski definition) is 6. The molecule has 0 aromatic heterocycles. The Labute approximate surface area is 139 Å². The van der Waals surface area contributed by atoms with Crippen LogP contribution in [0.15, 0.2) is 24.3 Å². The summed E-state index contributed by atoms with van der Waals surface area (Å²) in [7, 11) is 0. The van der Waals surface area contributed by atoms with Gasteiger partial charge in [0.1, 0.15) is 5.75 Å². The number of nitrogens with one attached hydrogen (secondary N) is 1. The smallest absolute Gasteiger partial charge is 0.338 e. The Balaban J connectivity index is 1.71. The molecule has 2 rings (SSSR count). The third-order valence-electron chi connectivity index (χ3n) is 3.36. The second-order valence-corrected chi connectivity index (χ2v) is 5.29. The number of esters is 1. The van der Waals surface area contributed by atoms with Crippen molar-refractivity contribution in [3.05, 3.63) is 29.8 Å². The third kappa shape index (κ3) is 5.88. The van der Waals surface area contributed by atoms with Gasteiger partial charge in [-0.3, -0.25) is 9.59 Å².